The zero-order valence-electron chi connectivity index (χ0n) is 9.81. The van der Waals surface area contributed by atoms with Gasteiger partial charge >= 0.3 is 0 Å². The second-order valence-electron chi connectivity index (χ2n) is 3.73. The SMILES string of the molecule is N#C/C(=C\c1ccc(Cl)cc1)Sc1ccc(Br)cc1. The van der Waals surface area contributed by atoms with Crippen LogP contribution < -0.4 is 0 Å². The number of benzene rings is 2. The quantitative estimate of drug-likeness (QED) is 0.519. The summed E-state index contributed by atoms with van der Waals surface area (Å²) in [6, 6.07) is 17.5. The van der Waals surface area contributed by atoms with Crippen LogP contribution in [0.25, 0.3) is 6.08 Å². The van der Waals surface area contributed by atoms with E-state index in [1.165, 1.54) is 11.8 Å². The first-order valence-corrected chi connectivity index (χ1v) is 7.47. The van der Waals surface area contributed by atoms with Crippen molar-refractivity contribution in [1.29, 1.82) is 5.26 Å². The Morgan fingerprint density at radius 3 is 2.32 bits per heavy atom. The highest BCUT2D eigenvalue weighted by Gasteiger charge is 2.01. The molecule has 0 heterocycles. The number of nitriles is 1. The van der Waals surface area contributed by atoms with E-state index in [1.54, 1.807) is 0 Å². The highest BCUT2D eigenvalue weighted by atomic mass is 79.9. The van der Waals surface area contributed by atoms with Crippen molar-refractivity contribution < 1.29 is 0 Å². The van der Waals surface area contributed by atoms with Crippen LogP contribution in [-0.4, -0.2) is 0 Å². The fourth-order valence-corrected chi connectivity index (χ4v) is 2.58. The van der Waals surface area contributed by atoms with E-state index in [9.17, 15) is 5.26 Å². The number of hydrogen-bond acceptors (Lipinski definition) is 2. The Hall–Kier alpha value is -1.21. The van der Waals surface area contributed by atoms with Crippen molar-refractivity contribution in [3.8, 4) is 6.07 Å². The highest BCUT2D eigenvalue weighted by Crippen LogP contribution is 2.28. The van der Waals surface area contributed by atoms with Gasteiger partial charge in [-0.05, 0) is 48.0 Å². The molecule has 0 aliphatic rings. The molecule has 0 aromatic heterocycles. The number of thioether (sulfide) groups is 1. The van der Waals surface area contributed by atoms with Crippen LogP contribution in [0.15, 0.2) is 62.8 Å². The van der Waals surface area contributed by atoms with E-state index in [0.717, 1.165) is 14.9 Å². The Labute approximate surface area is 130 Å². The van der Waals surface area contributed by atoms with Gasteiger partial charge in [-0.1, -0.05) is 51.4 Å². The summed E-state index contributed by atoms with van der Waals surface area (Å²) in [5.41, 5.74) is 0.963. The third kappa shape index (κ3) is 4.43. The van der Waals surface area contributed by atoms with Crippen LogP contribution in [0, 0.1) is 11.3 Å². The molecule has 1 nitrogen and oxygen atoms in total. The second-order valence-corrected chi connectivity index (χ2v) is 6.20. The molecule has 0 N–H and O–H groups in total. The number of halogens is 2. The predicted octanol–water partition coefficient (Wildman–Crippen LogP) is 5.76. The summed E-state index contributed by atoms with van der Waals surface area (Å²) in [6.45, 7) is 0. The van der Waals surface area contributed by atoms with Crippen LogP contribution in [-0.2, 0) is 0 Å². The highest BCUT2D eigenvalue weighted by molar-refractivity contribution is 9.10. The summed E-state index contributed by atoms with van der Waals surface area (Å²) in [5, 5.41) is 9.87. The van der Waals surface area contributed by atoms with Crippen molar-refractivity contribution in [1.82, 2.24) is 0 Å². The molecule has 0 saturated carbocycles. The first-order valence-electron chi connectivity index (χ1n) is 5.48. The van der Waals surface area contributed by atoms with Crippen molar-refractivity contribution in [2.75, 3.05) is 0 Å². The van der Waals surface area contributed by atoms with Crippen molar-refractivity contribution >= 4 is 45.4 Å². The molecule has 0 radical (unpaired) electrons. The number of rotatable bonds is 3. The molecule has 0 spiro atoms. The van der Waals surface area contributed by atoms with Gasteiger partial charge in [-0.3, -0.25) is 0 Å². The molecule has 0 amide bonds. The van der Waals surface area contributed by atoms with E-state index >= 15 is 0 Å². The van der Waals surface area contributed by atoms with E-state index in [0.29, 0.717) is 9.93 Å². The van der Waals surface area contributed by atoms with Crippen molar-refractivity contribution in [3.63, 3.8) is 0 Å². The third-order valence-electron chi connectivity index (χ3n) is 2.32. The molecule has 0 aliphatic carbocycles. The molecular formula is C15H9BrClNS. The fourth-order valence-electron chi connectivity index (χ4n) is 1.42. The lowest BCUT2D eigenvalue weighted by Crippen LogP contribution is -1.77. The molecule has 2 aromatic rings. The van der Waals surface area contributed by atoms with Crippen LogP contribution in [0.3, 0.4) is 0 Å². The van der Waals surface area contributed by atoms with Crippen LogP contribution in [0.5, 0.6) is 0 Å². The van der Waals surface area contributed by atoms with Gasteiger partial charge in [-0.15, -0.1) is 0 Å². The van der Waals surface area contributed by atoms with Crippen molar-refractivity contribution in [3.05, 3.63) is 68.5 Å². The van der Waals surface area contributed by atoms with Gasteiger partial charge in [0, 0.05) is 14.4 Å². The van der Waals surface area contributed by atoms with Gasteiger partial charge in [-0.25, -0.2) is 0 Å². The molecule has 19 heavy (non-hydrogen) atoms. The van der Waals surface area contributed by atoms with Gasteiger partial charge in [0.05, 0.1) is 4.91 Å². The van der Waals surface area contributed by atoms with Gasteiger partial charge in [0.1, 0.15) is 6.07 Å². The summed E-state index contributed by atoms with van der Waals surface area (Å²) in [6.07, 6.45) is 1.85. The van der Waals surface area contributed by atoms with Crippen LogP contribution >= 0.6 is 39.3 Å². The smallest absolute Gasteiger partial charge is 0.106 e. The van der Waals surface area contributed by atoms with Gasteiger partial charge in [0.25, 0.3) is 0 Å². The lowest BCUT2D eigenvalue weighted by Gasteiger charge is -2.00. The van der Waals surface area contributed by atoms with Gasteiger partial charge in [0.15, 0.2) is 0 Å². The Balaban J connectivity index is 2.18. The first kappa shape index (κ1) is 14.2. The van der Waals surface area contributed by atoms with Crippen molar-refractivity contribution in [2.45, 2.75) is 4.90 Å². The summed E-state index contributed by atoms with van der Waals surface area (Å²) in [4.78, 5) is 1.68. The van der Waals surface area contributed by atoms with Gasteiger partial charge in [-0.2, -0.15) is 5.26 Å². The molecule has 0 aliphatic heterocycles. The topological polar surface area (TPSA) is 23.8 Å². The maximum absolute atomic E-state index is 9.18. The van der Waals surface area contributed by atoms with Gasteiger partial charge < -0.3 is 0 Å². The minimum atomic E-state index is 0.643. The first-order chi connectivity index (χ1) is 9.17. The van der Waals surface area contributed by atoms with E-state index in [-0.39, 0.29) is 0 Å². The summed E-state index contributed by atoms with van der Waals surface area (Å²) < 4.78 is 1.03. The lowest BCUT2D eigenvalue weighted by atomic mass is 10.2. The minimum Gasteiger partial charge on any atom is -0.192 e. The largest absolute Gasteiger partial charge is 0.192 e. The zero-order chi connectivity index (χ0) is 13.7. The lowest BCUT2D eigenvalue weighted by molar-refractivity contribution is 1.44. The van der Waals surface area contributed by atoms with Crippen molar-refractivity contribution in [2.24, 2.45) is 0 Å². The van der Waals surface area contributed by atoms with E-state index in [2.05, 4.69) is 22.0 Å². The molecule has 94 valence electrons. The average molecular weight is 351 g/mol. The minimum absolute atomic E-state index is 0.643. The number of allylic oxidation sites excluding steroid dienone is 1. The molecule has 0 bridgehead atoms. The molecule has 2 rings (SSSR count). The standard InChI is InChI=1S/C15H9BrClNS/c16-12-3-7-14(8-4-12)19-15(10-18)9-11-1-5-13(17)6-2-11/h1-9H/b15-9+. The molecule has 0 saturated heterocycles. The van der Waals surface area contributed by atoms with E-state index in [1.807, 2.05) is 54.6 Å². The molecule has 2 aromatic carbocycles. The second kappa shape index (κ2) is 6.81. The predicted molar refractivity (Wildman–Crippen MR) is 85.0 cm³/mol. The normalized spacial score (nSPS) is 11.1. The van der Waals surface area contributed by atoms with Crippen LogP contribution in [0.2, 0.25) is 5.02 Å². The Morgan fingerprint density at radius 1 is 1.11 bits per heavy atom. The maximum Gasteiger partial charge on any atom is 0.106 e. The monoisotopic (exact) mass is 349 g/mol. The van der Waals surface area contributed by atoms with Crippen LogP contribution in [0.4, 0.5) is 0 Å². The Kier molecular flexibility index (Phi) is 5.09. The maximum atomic E-state index is 9.18. The molecule has 0 fully saturated rings. The fraction of sp³-hybridized carbons (Fsp3) is 0. The molecule has 0 atom stereocenters. The van der Waals surface area contributed by atoms with Crippen LogP contribution in [0.1, 0.15) is 5.56 Å². The third-order valence-corrected chi connectivity index (χ3v) is 4.04. The Morgan fingerprint density at radius 2 is 1.74 bits per heavy atom. The van der Waals surface area contributed by atoms with E-state index in [4.69, 9.17) is 11.6 Å². The van der Waals surface area contributed by atoms with E-state index < -0.39 is 0 Å². The molecule has 4 heteroatoms. The average Bonchev–Trinajstić information content (AvgIpc) is 2.43. The zero-order valence-corrected chi connectivity index (χ0v) is 13.0. The summed E-state index contributed by atoms with van der Waals surface area (Å²) in [7, 11) is 0. The molecular weight excluding hydrogens is 342 g/mol. The summed E-state index contributed by atoms with van der Waals surface area (Å²) in [5.74, 6) is 0. The van der Waals surface area contributed by atoms with Gasteiger partial charge in [0.2, 0.25) is 0 Å². The Bertz CT molecular complexity index is 627. The number of hydrogen-bond donors (Lipinski definition) is 0. The number of nitrogens with zero attached hydrogens (tertiary/aromatic N) is 1. The molecule has 0 unspecified atom stereocenters. The summed E-state index contributed by atoms with van der Waals surface area (Å²) >= 11 is 10.7.